The number of alkyl carbamates (subject to hydrolysis) is 1. The minimum atomic E-state index is -1.09. The van der Waals surface area contributed by atoms with Crippen molar-refractivity contribution in [2.45, 2.75) is 29.2 Å². The van der Waals surface area contributed by atoms with Crippen LogP contribution in [0.1, 0.15) is 27.9 Å². The third-order valence-corrected chi connectivity index (χ3v) is 7.81. The first-order chi connectivity index (χ1) is 21.9. The molecule has 228 valence electrons. The average molecular weight is 621 g/mol. The first kappa shape index (κ1) is 31.2. The van der Waals surface area contributed by atoms with Crippen LogP contribution in [-0.2, 0) is 22.6 Å². The Morgan fingerprint density at radius 3 is 2.24 bits per heavy atom. The van der Waals surface area contributed by atoms with Gasteiger partial charge in [0.25, 0.3) is 0 Å². The number of carbonyl (C=O) groups excluding carboxylic acids is 2. The summed E-state index contributed by atoms with van der Waals surface area (Å²) in [5, 5.41) is 16.9. The van der Waals surface area contributed by atoms with Gasteiger partial charge in [0.2, 0.25) is 5.91 Å². The van der Waals surface area contributed by atoms with Crippen LogP contribution < -0.4 is 15.4 Å². The minimum absolute atomic E-state index is 0.0557. The Balaban J connectivity index is 1.06. The quantitative estimate of drug-likeness (QED) is 0.116. The molecule has 8 nitrogen and oxygen atoms in total. The topological polar surface area (TPSA) is 114 Å². The van der Waals surface area contributed by atoms with Crippen molar-refractivity contribution in [1.82, 2.24) is 5.32 Å². The monoisotopic (exact) mass is 620 g/mol. The number of aromatic carboxylic acids is 1. The van der Waals surface area contributed by atoms with Crippen LogP contribution in [0.3, 0.4) is 0 Å². The molecular formula is C36H32N2O6S. The van der Waals surface area contributed by atoms with E-state index in [-0.39, 0.29) is 30.2 Å². The number of carboxylic acid groups (broad SMARTS) is 1. The Hall–Kier alpha value is -5.28. The zero-order chi connectivity index (χ0) is 31.4. The number of carboxylic acids is 1. The Bertz CT molecular complexity index is 1780. The highest BCUT2D eigenvalue weighted by molar-refractivity contribution is 7.99. The molecule has 0 bridgehead atoms. The van der Waals surface area contributed by atoms with E-state index in [4.69, 9.17) is 9.47 Å². The molecule has 0 saturated heterocycles. The number of para-hydroxylation sites is 1. The summed E-state index contributed by atoms with van der Waals surface area (Å²) >= 11 is 1.62. The van der Waals surface area contributed by atoms with E-state index in [2.05, 4.69) is 28.8 Å². The van der Waals surface area contributed by atoms with Crippen LogP contribution in [0.15, 0.2) is 125 Å². The first-order valence-electron chi connectivity index (χ1n) is 14.4. The maximum atomic E-state index is 12.5. The Kier molecular flexibility index (Phi) is 10.7. The van der Waals surface area contributed by atoms with Gasteiger partial charge in [0.15, 0.2) is 0 Å². The van der Waals surface area contributed by atoms with Gasteiger partial charge in [-0.15, -0.1) is 0 Å². The molecule has 0 aromatic heterocycles. The van der Waals surface area contributed by atoms with E-state index in [0.29, 0.717) is 19.6 Å². The average Bonchev–Trinajstić information content (AvgIpc) is 3.05. The number of nitrogens with one attached hydrogen (secondary N) is 2. The van der Waals surface area contributed by atoms with Crippen LogP contribution in [-0.4, -0.2) is 36.2 Å². The summed E-state index contributed by atoms with van der Waals surface area (Å²) in [7, 11) is 0. The van der Waals surface area contributed by atoms with Crippen LogP contribution in [0.2, 0.25) is 0 Å². The van der Waals surface area contributed by atoms with Crippen molar-refractivity contribution in [2.75, 3.05) is 18.5 Å². The number of hydrogen-bond donors (Lipinski definition) is 3. The van der Waals surface area contributed by atoms with Crippen molar-refractivity contribution in [2.24, 2.45) is 0 Å². The zero-order valence-corrected chi connectivity index (χ0v) is 25.2. The number of benzene rings is 5. The summed E-state index contributed by atoms with van der Waals surface area (Å²) in [5.41, 5.74) is 2.10. The van der Waals surface area contributed by atoms with Crippen molar-refractivity contribution in [1.29, 1.82) is 0 Å². The molecule has 9 heteroatoms. The first-order valence-corrected chi connectivity index (χ1v) is 15.2. The van der Waals surface area contributed by atoms with Gasteiger partial charge in [0.05, 0.1) is 24.3 Å². The van der Waals surface area contributed by atoms with Gasteiger partial charge in [-0.2, -0.15) is 0 Å². The van der Waals surface area contributed by atoms with E-state index in [1.165, 1.54) is 6.07 Å². The van der Waals surface area contributed by atoms with E-state index in [9.17, 15) is 19.5 Å². The van der Waals surface area contributed by atoms with Crippen LogP contribution in [0, 0.1) is 0 Å². The fourth-order valence-electron chi connectivity index (χ4n) is 4.55. The lowest BCUT2D eigenvalue weighted by Crippen LogP contribution is -2.26. The lowest BCUT2D eigenvalue weighted by molar-refractivity contribution is -0.115. The third kappa shape index (κ3) is 9.35. The van der Waals surface area contributed by atoms with E-state index < -0.39 is 12.1 Å². The second-order valence-corrected chi connectivity index (χ2v) is 11.3. The molecule has 0 saturated carbocycles. The minimum Gasteiger partial charge on any atom is -0.494 e. The lowest BCUT2D eigenvalue weighted by atomic mass is 10.1. The van der Waals surface area contributed by atoms with Crippen molar-refractivity contribution < 1.29 is 29.0 Å². The summed E-state index contributed by atoms with van der Waals surface area (Å²) in [6.07, 6.45) is 0.339. The van der Waals surface area contributed by atoms with Gasteiger partial charge in [0.1, 0.15) is 12.4 Å². The molecule has 5 aromatic rings. The van der Waals surface area contributed by atoms with Gasteiger partial charge in [-0.3, -0.25) is 4.79 Å². The van der Waals surface area contributed by atoms with E-state index in [0.717, 1.165) is 37.4 Å². The van der Waals surface area contributed by atoms with Gasteiger partial charge in [0, 0.05) is 16.3 Å². The highest BCUT2D eigenvalue weighted by Crippen LogP contribution is 2.31. The predicted molar refractivity (Wildman–Crippen MR) is 175 cm³/mol. The molecule has 0 fully saturated rings. The molecule has 3 N–H and O–H groups in total. The van der Waals surface area contributed by atoms with Gasteiger partial charge in [-0.25, -0.2) is 9.59 Å². The normalized spacial score (nSPS) is 10.7. The summed E-state index contributed by atoms with van der Waals surface area (Å²) in [4.78, 5) is 37.9. The molecule has 0 radical (unpaired) electrons. The van der Waals surface area contributed by atoms with Crippen molar-refractivity contribution in [3.05, 3.63) is 132 Å². The Morgan fingerprint density at radius 2 is 1.44 bits per heavy atom. The Morgan fingerprint density at radius 1 is 0.733 bits per heavy atom. The maximum absolute atomic E-state index is 12.5. The van der Waals surface area contributed by atoms with Crippen molar-refractivity contribution in [3.8, 4) is 5.75 Å². The predicted octanol–water partition coefficient (Wildman–Crippen LogP) is 7.57. The maximum Gasteiger partial charge on any atom is 0.407 e. The molecule has 0 aliphatic heterocycles. The molecule has 0 aliphatic carbocycles. The number of ether oxygens (including phenoxy) is 2. The number of amides is 2. The highest BCUT2D eigenvalue weighted by atomic mass is 32.2. The largest absolute Gasteiger partial charge is 0.494 e. The molecule has 0 atom stereocenters. The molecule has 45 heavy (non-hydrogen) atoms. The highest BCUT2D eigenvalue weighted by Gasteiger charge is 2.12. The van der Waals surface area contributed by atoms with Gasteiger partial charge < -0.3 is 25.2 Å². The third-order valence-electron chi connectivity index (χ3n) is 6.81. The number of fused-ring (bicyclic) bond motifs is 1. The second-order valence-electron chi connectivity index (χ2n) is 10.2. The fraction of sp³-hybridized carbons (Fsp3) is 0.139. The summed E-state index contributed by atoms with van der Waals surface area (Å²) in [6, 6.07) is 35.8. The molecule has 2 amide bonds. The summed E-state index contributed by atoms with van der Waals surface area (Å²) in [5.74, 6) is -0.603. The molecule has 5 aromatic carbocycles. The molecule has 0 unspecified atom stereocenters. The van der Waals surface area contributed by atoms with Gasteiger partial charge in [-0.1, -0.05) is 78.5 Å². The molecular weight excluding hydrogens is 588 g/mol. The van der Waals surface area contributed by atoms with Gasteiger partial charge >= 0.3 is 12.1 Å². The molecule has 5 rings (SSSR count). The smallest absolute Gasteiger partial charge is 0.407 e. The van der Waals surface area contributed by atoms with Crippen LogP contribution >= 0.6 is 11.8 Å². The van der Waals surface area contributed by atoms with Crippen LogP contribution in [0.25, 0.3) is 10.8 Å². The Labute approximate surface area is 265 Å². The van der Waals surface area contributed by atoms with Crippen molar-refractivity contribution in [3.63, 3.8) is 0 Å². The zero-order valence-electron chi connectivity index (χ0n) is 24.4. The fourth-order valence-corrected chi connectivity index (χ4v) is 5.42. The lowest BCUT2D eigenvalue weighted by Gasteiger charge is -2.10. The number of rotatable bonds is 13. The molecule has 0 heterocycles. The summed E-state index contributed by atoms with van der Waals surface area (Å²) in [6.45, 7) is 1.16. The second kappa shape index (κ2) is 15.4. The van der Waals surface area contributed by atoms with Crippen molar-refractivity contribution >= 4 is 46.2 Å². The standard InChI is InChI=1S/C36H32N2O6S/c39-34(38-33-10-5-4-9-32(33)35(40)41)21-25-11-16-30(17-12-25)45-31-18-14-27-22-29(15-13-28(27)23-31)43-20-6-19-37-36(42)44-24-26-7-2-1-3-8-26/h1-5,7-18,22-23H,6,19-21,24H2,(H,37,42)(H,38,39)(H,40,41). The number of carbonyl (C=O) groups is 3. The molecule has 0 aliphatic rings. The number of anilines is 1. The van der Waals surface area contributed by atoms with Gasteiger partial charge in [-0.05, 0) is 76.9 Å². The number of hydrogen-bond acceptors (Lipinski definition) is 6. The van der Waals surface area contributed by atoms with E-state index in [1.54, 1.807) is 30.0 Å². The van der Waals surface area contributed by atoms with E-state index in [1.807, 2.05) is 72.8 Å². The molecule has 0 spiro atoms. The van der Waals surface area contributed by atoms with Crippen LogP contribution in [0.5, 0.6) is 5.75 Å². The summed E-state index contributed by atoms with van der Waals surface area (Å²) < 4.78 is 11.1. The van der Waals surface area contributed by atoms with Crippen LogP contribution in [0.4, 0.5) is 10.5 Å². The van der Waals surface area contributed by atoms with E-state index >= 15 is 0 Å². The SMILES string of the molecule is O=C(Cc1ccc(Sc2ccc3cc(OCCCNC(=O)OCc4ccccc4)ccc3c2)cc1)Nc1ccccc1C(=O)O.